The van der Waals surface area contributed by atoms with E-state index in [-0.39, 0.29) is 0 Å². The molecular weight excluding hydrogens is 300 g/mol. The van der Waals surface area contributed by atoms with Crippen molar-refractivity contribution < 1.29 is 23.3 Å². The molecule has 1 N–H and O–H groups in total. The van der Waals surface area contributed by atoms with Gasteiger partial charge in [-0.15, -0.1) is 0 Å². The molecule has 1 aromatic rings. The van der Waals surface area contributed by atoms with Crippen molar-refractivity contribution >= 4 is 17.6 Å². The molecule has 1 aliphatic carbocycles. The van der Waals surface area contributed by atoms with Crippen LogP contribution in [0.25, 0.3) is 0 Å². The van der Waals surface area contributed by atoms with Crippen LogP contribution in [0.1, 0.15) is 24.8 Å². The molecule has 1 saturated heterocycles. The van der Waals surface area contributed by atoms with Crippen LogP contribution in [0.15, 0.2) is 12.1 Å². The summed E-state index contributed by atoms with van der Waals surface area (Å²) in [6, 6.07) is 0.424. The van der Waals surface area contributed by atoms with E-state index in [4.69, 9.17) is 0 Å². The van der Waals surface area contributed by atoms with Gasteiger partial charge in [-0.05, 0) is 19.3 Å². The number of urea groups is 1. The van der Waals surface area contributed by atoms with Crippen LogP contribution < -0.4 is 5.32 Å². The van der Waals surface area contributed by atoms with Gasteiger partial charge >= 0.3 is 6.03 Å². The lowest BCUT2D eigenvalue weighted by Gasteiger charge is -2.34. The highest BCUT2D eigenvalue weighted by Gasteiger charge is 2.54. The number of nitro groups is 1. The molecule has 1 aliphatic heterocycles. The minimum atomic E-state index is -1.16. The summed E-state index contributed by atoms with van der Waals surface area (Å²) in [5, 5.41) is 13.1. The number of nitro benzene ring substituents is 1. The van der Waals surface area contributed by atoms with Gasteiger partial charge in [-0.2, -0.15) is 0 Å². The first-order valence-corrected chi connectivity index (χ1v) is 6.60. The molecule has 0 unspecified atom stereocenters. The lowest BCUT2D eigenvalue weighted by molar-refractivity contribution is -0.385. The maximum Gasteiger partial charge on any atom is 0.325 e. The van der Waals surface area contributed by atoms with Crippen LogP contribution in [-0.4, -0.2) is 27.3 Å². The third kappa shape index (κ3) is 2.00. The largest absolute Gasteiger partial charge is 0.325 e. The van der Waals surface area contributed by atoms with Crippen molar-refractivity contribution in [2.75, 3.05) is 0 Å². The van der Waals surface area contributed by atoms with Crippen LogP contribution in [0.2, 0.25) is 0 Å². The van der Waals surface area contributed by atoms with Crippen molar-refractivity contribution in [3.05, 3.63) is 39.4 Å². The monoisotopic (exact) mass is 311 g/mol. The molecule has 3 rings (SSSR count). The van der Waals surface area contributed by atoms with Crippen molar-refractivity contribution in [2.24, 2.45) is 0 Å². The Bertz CT molecular complexity index is 680. The zero-order chi connectivity index (χ0) is 16.1. The highest BCUT2D eigenvalue weighted by atomic mass is 19.1. The van der Waals surface area contributed by atoms with E-state index in [1.165, 1.54) is 0 Å². The molecule has 0 aromatic heterocycles. The number of rotatable bonds is 3. The highest BCUT2D eigenvalue weighted by molar-refractivity contribution is 6.07. The lowest BCUT2D eigenvalue weighted by atomic mass is 9.77. The average Bonchev–Trinajstić information content (AvgIpc) is 2.65. The molecule has 1 aromatic carbocycles. The number of hydrogen-bond acceptors (Lipinski definition) is 4. The third-order valence-corrected chi connectivity index (χ3v) is 4.11. The summed E-state index contributed by atoms with van der Waals surface area (Å²) in [5.74, 6) is -2.84. The van der Waals surface area contributed by atoms with Gasteiger partial charge in [0.05, 0.1) is 23.6 Å². The van der Waals surface area contributed by atoms with Crippen LogP contribution in [0, 0.1) is 21.7 Å². The predicted molar refractivity (Wildman–Crippen MR) is 68.7 cm³/mol. The Hall–Kier alpha value is -2.58. The number of non-ortho nitro benzene ring substituents is 1. The van der Waals surface area contributed by atoms with Crippen LogP contribution in [0.3, 0.4) is 0 Å². The molecule has 116 valence electrons. The SMILES string of the molecule is O=C1NC2(CCC2)C(=O)N1Cc1c(F)cc([N+](=O)[O-])cc1F. The molecule has 2 aliphatic rings. The number of carbonyl (C=O) groups excluding carboxylic acids is 2. The van der Waals surface area contributed by atoms with Crippen molar-refractivity contribution in [3.8, 4) is 0 Å². The summed E-state index contributed by atoms with van der Waals surface area (Å²) in [4.78, 5) is 34.4. The predicted octanol–water partition coefficient (Wildman–Crippen LogP) is 1.85. The number of hydrogen-bond donors (Lipinski definition) is 1. The van der Waals surface area contributed by atoms with E-state index < -0.39 is 51.8 Å². The second-order valence-corrected chi connectivity index (χ2v) is 5.40. The van der Waals surface area contributed by atoms with Gasteiger partial charge in [0, 0.05) is 5.56 Å². The zero-order valence-electron chi connectivity index (χ0n) is 11.3. The molecular formula is C13H11F2N3O4. The number of carbonyl (C=O) groups is 2. The molecule has 0 bridgehead atoms. The average molecular weight is 311 g/mol. The van der Waals surface area contributed by atoms with Crippen LogP contribution in [0.5, 0.6) is 0 Å². The summed E-state index contributed by atoms with van der Waals surface area (Å²) in [7, 11) is 0. The summed E-state index contributed by atoms with van der Waals surface area (Å²) in [6.07, 6.45) is 1.79. The second-order valence-electron chi connectivity index (χ2n) is 5.40. The van der Waals surface area contributed by atoms with E-state index in [9.17, 15) is 28.5 Å². The first kappa shape index (κ1) is 14.4. The molecule has 1 spiro atoms. The Morgan fingerprint density at radius 1 is 1.27 bits per heavy atom. The summed E-state index contributed by atoms with van der Waals surface area (Å²) in [5.41, 5.74) is -2.22. The standard InChI is InChI=1S/C13H11F2N3O4/c14-9-4-7(18(21)22)5-10(15)8(9)6-17-11(19)13(2-1-3-13)16-12(17)20/h4-5H,1-3,6H2,(H,16,20). The van der Waals surface area contributed by atoms with Gasteiger partial charge in [-0.1, -0.05) is 0 Å². The van der Waals surface area contributed by atoms with Crippen LogP contribution >= 0.6 is 0 Å². The fraction of sp³-hybridized carbons (Fsp3) is 0.385. The first-order chi connectivity index (χ1) is 10.3. The Morgan fingerprint density at radius 3 is 2.27 bits per heavy atom. The lowest BCUT2D eigenvalue weighted by Crippen LogP contribution is -2.52. The zero-order valence-corrected chi connectivity index (χ0v) is 11.3. The molecule has 0 atom stereocenters. The van der Waals surface area contributed by atoms with Crippen LogP contribution in [-0.2, 0) is 11.3 Å². The van der Waals surface area contributed by atoms with E-state index in [1.807, 2.05) is 0 Å². The quantitative estimate of drug-likeness (QED) is 0.524. The minimum Gasteiger partial charge on any atom is -0.323 e. The van der Waals surface area contributed by atoms with Crippen molar-refractivity contribution in [2.45, 2.75) is 31.3 Å². The molecule has 3 amide bonds. The normalized spacial score (nSPS) is 19.3. The number of benzene rings is 1. The van der Waals surface area contributed by atoms with Crippen molar-refractivity contribution in [1.82, 2.24) is 10.2 Å². The van der Waals surface area contributed by atoms with E-state index in [0.29, 0.717) is 25.0 Å². The van der Waals surface area contributed by atoms with E-state index in [2.05, 4.69) is 5.32 Å². The fourth-order valence-corrected chi connectivity index (χ4v) is 2.69. The van der Waals surface area contributed by atoms with E-state index >= 15 is 0 Å². The van der Waals surface area contributed by atoms with Crippen LogP contribution in [0.4, 0.5) is 19.3 Å². The fourth-order valence-electron chi connectivity index (χ4n) is 2.69. The molecule has 1 heterocycles. The smallest absolute Gasteiger partial charge is 0.323 e. The van der Waals surface area contributed by atoms with Gasteiger partial charge in [-0.3, -0.25) is 19.8 Å². The summed E-state index contributed by atoms with van der Waals surface area (Å²) >= 11 is 0. The molecule has 22 heavy (non-hydrogen) atoms. The van der Waals surface area contributed by atoms with Crippen molar-refractivity contribution in [3.63, 3.8) is 0 Å². The highest BCUT2D eigenvalue weighted by Crippen LogP contribution is 2.38. The van der Waals surface area contributed by atoms with Gasteiger partial charge in [0.2, 0.25) is 0 Å². The minimum absolute atomic E-state index is 0.499. The number of amides is 3. The summed E-state index contributed by atoms with van der Waals surface area (Å²) in [6.45, 7) is -0.595. The van der Waals surface area contributed by atoms with Gasteiger partial charge in [0.1, 0.15) is 17.2 Å². The third-order valence-electron chi connectivity index (χ3n) is 4.11. The topological polar surface area (TPSA) is 92.6 Å². The van der Waals surface area contributed by atoms with Gasteiger partial charge < -0.3 is 5.32 Å². The Labute approximate surface area is 123 Å². The van der Waals surface area contributed by atoms with Gasteiger partial charge in [0.15, 0.2) is 0 Å². The molecule has 9 heteroatoms. The molecule has 0 radical (unpaired) electrons. The maximum absolute atomic E-state index is 13.9. The second kappa shape index (κ2) is 4.72. The number of nitrogens with zero attached hydrogens (tertiary/aromatic N) is 2. The van der Waals surface area contributed by atoms with Crippen molar-refractivity contribution in [1.29, 1.82) is 0 Å². The van der Waals surface area contributed by atoms with Gasteiger partial charge in [-0.25, -0.2) is 13.6 Å². The number of nitrogens with one attached hydrogen (secondary N) is 1. The maximum atomic E-state index is 13.9. The Balaban J connectivity index is 1.89. The molecule has 2 fully saturated rings. The van der Waals surface area contributed by atoms with Gasteiger partial charge in [0.25, 0.3) is 11.6 Å². The Kier molecular flexibility index (Phi) is 3.08. The van der Waals surface area contributed by atoms with E-state index in [1.54, 1.807) is 0 Å². The number of halogens is 2. The Morgan fingerprint density at radius 2 is 1.86 bits per heavy atom. The molecule has 1 saturated carbocycles. The summed E-state index contributed by atoms with van der Waals surface area (Å²) < 4.78 is 27.7. The first-order valence-electron chi connectivity index (χ1n) is 6.60. The molecule has 7 nitrogen and oxygen atoms in total. The number of imide groups is 1. The van der Waals surface area contributed by atoms with E-state index in [0.717, 1.165) is 11.3 Å².